The fourth-order valence-electron chi connectivity index (χ4n) is 14.6. The molecule has 0 amide bonds. The molecule has 0 unspecified atom stereocenters. The third-order valence-electron chi connectivity index (χ3n) is 18.7. The van der Waals surface area contributed by atoms with Gasteiger partial charge in [0.15, 0.2) is 0 Å². The van der Waals surface area contributed by atoms with E-state index in [4.69, 9.17) is 9.97 Å². The molecule has 94 heavy (non-hydrogen) atoms. The van der Waals surface area contributed by atoms with Crippen LogP contribution in [0.1, 0.15) is 0 Å². The van der Waals surface area contributed by atoms with Crippen LogP contribution in [0.5, 0.6) is 0 Å². The Balaban J connectivity index is 0.908. The summed E-state index contributed by atoms with van der Waals surface area (Å²) in [5.41, 5.74) is 21.5. The second-order valence-corrected chi connectivity index (χ2v) is 24.1. The SMILES string of the molecule is c1ccc(-c2c(-c3ccccc3)n(-c3ccccc3)c3cc(N(c4ccc5cccnc5c4)c4cc5c6ccccc6c(N(c6ccc7cccnc7c6)c6ccc7c(-c8ccccc8)c(-c8ccccc8)n(-c8ccccc8)c7c6)cc5c5ccccc45)ccc23)cc1. The first-order valence-corrected chi connectivity index (χ1v) is 32.0. The molecule has 0 aliphatic rings. The molecule has 0 fully saturated rings. The number of hydrogen-bond donors (Lipinski definition) is 0. The van der Waals surface area contributed by atoms with E-state index >= 15 is 0 Å². The molecule has 14 aromatic carbocycles. The van der Waals surface area contributed by atoms with Crippen molar-refractivity contribution in [3.8, 4) is 56.1 Å². The van der Waals surface area contributed by atoms with Crippen LogP contribution in [0.15, 0.2) is 352 Å². The van der Waals surface area contributed by atoms with Gasteiger partial charge in [0.2, 0.25) is 0 Å². The Morgan fingerprint density at radius 3 is 0.957 bits per heavy atom. The van der Waals surface area contributed by atoms with Crippen LogP contribution in [0.4, 0.5) is 34.1 Å². The number of rotatable bonds is 12. The summed E-state index contributed by atoms with van der Waals surface area (Å²) in [6.45, 7) is 0. The summed E-state index contributed by atoms with van der Waals surface area (Å²) >= 11 is 0. The minimum Gasteiger partial charge on any atom is -0.310 e. The monoisotopic (exact) mass is 1200 g/mol. The first-order chi connectivity index (χ1) is 46.7. The van der Waals surface area contributed by atoms with Crippen LogP contribution in [-0.2, 0) is 0 Å². The van der Waals surface area contributed by atoms with Gasteiger partial charge in [0.1, 0.15) is 0 Å². The Kier molecular flexibility index (Phi) is 13.1. The standard InChI is InChI=1S/C88H58N6/c1-7-25-61(26-8-1)85-75-49-47-69(55-81(75)93(65-35-15-5-16-36-65)87(85)63-29-11-3-12-30-63)91(67-45-43-59-33-23-51-89-79(59)53-67)83-57-77-72-40-20-22-42-74(72)84(58-78(77)71-39-19-21-41-73(71)83)92(68-46-44-60-34-24-52-90-80(60)54-68)70-48-50-76-82(56-70)94(66-37-17-6-18-38-66)88(64-31-13-4-14-32-64)86(76)62-27-9-2-10-28-62/h1-58H. The molecule has 0 spiro atoms. The lowest BCUT2D eigenvalue weighted by molar-refractivity contribution is 1.13. The Morgan fingerprint density at radius 2 is 0.564 bits per heavy atom. The number of fused-ring (bicyclic) bond motifs is 9. The quantitative estimate of drug-likeness (QED) is 0.114. The van der Waals surface area contributed by atoms with E-state index in [0.29, 0.717) is 0 Å². The molecule has 4 heterocycles. The maximum absolute atomic E-state index is 4.97. The molecule has 6 nitrogen and oxygen atoms in total. The number of benzene rings is 14. The van der Waals surface area contributed by atoms with E-state index in [2.05, 4.69) is 347 Å². The number of aromatic nitrogens is 4. The molecule has 6 heteroatoms. The zero-order valence-corrected chi connectivity index (χ0v) is 51.2. The van der Waals surface area contributed by atoms with E-state index in [1.165, 1.54) is 11.1 Å². The van der Waals surface area contributed by atoms with E-state index < -0.39 is 0 Å². The summed E-state index contributed by atoms with van der Waals surface area (Å²) in [5, 5.41) is 11.2. The Labute approximate surface area is 544 Å². The molecule has 18 rings (SSSR count). The number of hydrogen-bond acceptors (Lipinski definition) is 4. The Morgan fingerprint density at radius 1 is 0.234 bits per heavy atom. The van der Waals surface area contributed by atoms with Crippen molar-refractivity contribution >= 4 is 110 Å². The van der Waals surface area contributed by atoms with Gasteiger partial charge in [-0.3, -0.25) is 9.97 Å². The summed E-state index contributed by atoms with van der Waals surface area (Å²) in [5.74, 6) is 0. The molecule has 0 aliphatic carbocycles. The van der Waals surface area contributed by atoms with Crippen molar-refractivity contribution in [2.24, 2.45) is 0 Å². The van der Waals surface area contributed by atoms with Crippen LogP contribution in [0.2, 0.25) is 0 Å². The first-order valence-electron chi connectivity index (χ1n) is 32.0. The van der Waals surface area contributed by atoms with E-state index in [0.717, 1.165) is 155 Å². The van der Waals surface area contributed by atoms with Crippen LogP contribution in [0.25, 0.3) is 132 Å². The summed E-state index contributed by atoms with van der Waals surface area (Å²) in [6, 6.07) is 124. The van der Waals surface area contributed by atoms with Crippen LogP contribution in [0.3, 0.4) is 0 Å². The Hall–Kier alpha value is -12.6. The minimum atomic E-state index is 0.919. The number of pyridine rings is 2. The largest absolute Gasteiger partial charge is 0.310 e. The lowest BCUT2D eigenvalue weighted by Crippen LogP contribution is -2.12. The molecular weight excluding hydrogens is 1140 g/mol. The predicted molar refractivity (Wildman–Crippen MR) is 394 cm³/mol. The molecule has 18 aromatic rings. The molecule has 4 aromatic heterocycles. The summed E-state index contributed by atoms with van der Waals surface area (Å²) in [4.78, 5) is 14.9. The molecule has 0 atom stereocenters. The summed E-state index contributed by atoms with van der Waals surface area (Å²) in [6.07, 6.45) is 3.78. The third-order valence-corrected chi connectivity index (χ3v) is 18.7. The maximum Gasteiger partial charge on any atom is 0.0722 e. The van der Waals surface area contributed by atoms with Crippen LogP contribution in [-0.4, -0.2) is 19.1 Å². The molecule has 0 saturated heterocycles. The van der Waals surface area contributed by atoms with Crippen molar-refractivity contribution < 1.29 is 0 Å². The zero-order valence-electron chi connectivity index (χ0n) is 51.2. The highest BCUT2D eigenvalue weighted by Crippen LogP contribution is 2.52. The highest BCUT2D eigenvalue weighted by atomic mass is 15.2. The predicted octanol–water partition coefficient (Wildman–Crippen LogP) is 23.7. The van der Waals surface area contributed by atoms with Crippen molar-refractivity contribution in [3.63, 3.8) is 0 Å². The molecule has 0 N–H and O–H groups in total. The van der Waals surface area contributed by atoms with Crippen LogP contribution >= 0.6 is 0 Å². The maximum atomic E-state index is 4.97. The molecule has 0 aliphatic heterocycles. The van der Waals surface area contributed by atoms with Gasteiger partial charge in [-0.05, 0) is 141 Å². The van der Waals surface area contributed by atoms with E-state index in [-0.39, 0.29) is 0 Å². The lowest BCUT2D eigenvalue weighted by atomic mass is 9.93. The molecule has 0 bridgehead atoms. The van der Waals surface area contributed by atoms with Crippen LogP contribution < -0.4 is 9.80 Å². The van der Waals surface area contributed by atoms with Gasteiger partial charge in [0.25, 0.3) is 0 Å². The van der Waals surface area contributed by atoms with Gasteiger partial charge in [-0.2, -0.15) is 0 Å². The average Bonchev–Trinajstić information content (AvgIpc) is 1.43. The van der Waals surface area contributed by atoms with E-state index in [1.807, 2.05) is 24.5 Å². The number of anilines is 6. The molecule has 440 valence electrons. The summed E-state index contributed by atoms with van der Waals surface area (Å²) in [7, 11) is 0. The van der Waals surface area contributed by atoms with Crippen molar-refractivity contribution in [1.29, 1.82) is 0 Å². The summed E-state index contributed by atoms with van der Waals surface area (Å²) < 4.78 is 4.92. The highest BCUT2D eigenvalue weighted by Gasteiger charge is 2.28. The minimum absolute atomic E-state index is 0.919. The Bertz CT molecular complexity index is 5540. The van der Waals surface area contributed by atoms with Crippen LogP contribution in [0, 0.1) is 0 Å². The fourth-order valence-corrected chi connectivity index (χ4v) is 14.6. The molecule has 0 radical (unpaired) electrons. The third kappa shape index (κ3) is 9.10. The van der Waals surface area contributed by atoms with Gasteiger partial charge in [0.05, 0.1) is 44.8 Å². The zero-order chi connectivity index (χ0) is 62.1. The number of nitrogens with zero attached hydrogens (tertiary/aromatic N) is 6. The normalized spacial score (nSPS) is 11.6. The van der Waals surface area contributed by atoms with Gasteiger partial charge in [0, 0.05) is 90.0 Å². The van der Waals surface area contributed by atoms with Crippen molar-refractivity contribution in [2.75, 3.05) is 9.80 Å². The number of para-hydroxylation sites is 2. The molecular formula is C88H58N6. The highest BCUT2D eigenvalue weighted by molar-refractivity contribution is 6.25. The second kappa shape index (κ2) is 22.7. The first kappa shape index (κ1) is 54.3. The van der Waals surface area contributed by atoms with Crippen molar-refractivity contribution in [1.82, 2.24) is 19.1 Å². The van der Waals surface area contributed by atoms with Crippen molar-refractivity contribution in [2.45, 2.75) is 0 Å². The van der Waals surface area contributed by atoms with Gasteiger partial charge in [-0.25, -0.2) is 0 Å². The average molecular weight is 1200 g/mol. The smallest absolute Gasteiger partial charge is 0.0722 e. The van der Waals surface area contributed by atoms with Gasteiger partial charge < -0.3 is 18.9 Å². The molecule has 0 saturated carbocycles. The topological polar surface area (TPSA) is 42.1 Å². The van der Waals surface area contributed by atoms with E-state index in [1.54, 1.807) is 0 Å². The fraction of sp³-hybridized carbons (Fsp3) is 0. The van der Waals surface area contributed by atoms with E-state index in [9.17, 15) is 0 Å². The van der Waals surface area contributed by atoms with Gasteiger partial charge in [-0.1, -0.05) is 243 Å². The lowest BCUT2D eigenvalue weighted by Gasteiger charge is -2.30. The second-order valence-electron chi connectivity index (χ2n) is 24.1. The van der Waals surface area contributed by atoms with Gasteiger partial charge >= 0.3 is 0 Å². The van der Waals surface area contributed by atoms with Gasteiger partial charge in [-0.15, -0.1) is 0 Å². The van der Waals surface area contributed by atoms with Crippen molar-refractivity contribution in [3.05, 3.63) is 352 Å².